The maximum atomic E-state index is 11.5. The van der Waals surface area contributed by atoms with Crippen LogP contribution in [0.4, 0.5) is 13.2 Å². The predicted octanol–water partition coefficient (Wildman–Crippen LogP) is 2.04. The summed E-state index contributed by atoms with van der Waals surface area (Å²) < 4.78 is 34.4. The number of hydrogen-bond donors (Lipinski definition) is 1. The SMILES string of the molecule is C=C(C)CCNOCC(F)(F)F. The maximum absolute atomic E-state index is 11.5. The van der Waals surface area contributed by atoms with Crippen LogP contribution in [0, 0.1) is 0 Å². The Morgan fingerprint density at radius 1 is 1.50 bits per heavy atom. The molecule has 0 aliphatic rings. The molecule has 0 aromatic carbocycles. The number of rotatable bonds is 5. The van der Waals surface area contributed by atoms with Crippen molar-refractivity contribution < 1.29 is 18.0 Å². The molecule has 5 heteroatoms. The summed E-state index contributed by atoms with van der Waals surface area (Å²) in [7, 11) is 0. The van der Waals surface area contributed by atoms with Crippen molar-refractivity contribution in [2.24, 2.45) is 0 Å². The van der Waals surface area contributed by atoms with Crippen molar-refractivity contribution >= 4 is 0 Å². The highest BCUT2D eigenvalue weighted by Gasteiger charge is 2.27. The van der Waals surface area contributed by atoms with E-state index in [0.29, 0.717) is 13.0 Å². The minimum atomic E-state index is -4.27. The second kappa shape index (κ2) is 5.16. The molecule has 0 fully saturated rings. The van der Waals surface area contributed by atoms with E-state index in [-0.39, 0.29) is 0 Å². The van der Waals surface area contributed by atoms with Crippen LogP contribution in [0.5, 0.6) is 0 Å². The molecule has 0 amide bonds. The van der Waals surface area contributed by atoms with Crippen molar-refractivity contribution in [3.8, 4) is 0 Å². The van der Waals surface area contributed by atoms with E-state index < -0.39 is 12.8 Å². The van der Waals surface area contributed by atoms with Gasteiger partial charge in [0.2, 0.25) is 0 Å². The molecule has 0 atom stereocenters. The van der Waals surface area contributed by atoms with Crippen molar-refractivity contribution in [2.75, 3.05) is 13.2 Å². The molecule has 2 nitrogen and oxygen atoms in total. The van der Waals surface area contributed by atoms with E-state index in [1.165, 1.54) is 0 Å². The molecule has 0 saturated heterocycles. The third-order valence-electron chi connectivity index (χ3n) is 0.992. The lowest BCUT2D eigenvalue weighted by atomic mass is 10.2. The van der Waals surface area contributed by atoms with Crippen LogP contribution in [0.2, 0.25) is 0 Å². The Morgan fingerprint density at radius 2 is 2.08 bits per heavy atom. The van der Waals surface area contributed by atoms with Gasteiger partial charge in [0.1, 0.15) is 0 Å². The number of halogens is 3. The third kappa shape index (κ3) is 9.45. The summed E-state index contributed by atoms with van der Waals surface area (Å²) in [6.45, 7) is 4.47. The molecule has 0 aromatic heterocycles. The Hall–Kier alpha value is -0.550. The van der Waals surface area contributed by atoms with Gasteiger partial charge in [-0.2, -0.15) is 13.2 Å². The topological polar surface area (TPSA) is 21.3 Å². The fourth-order valence-corrected chi connectivity index (χ4v) is 0.469. The summed E-state index contributed by atoms with van der Waals surface area (Å²) in [6, 6.07) is 0. The molecule has 1 N–H and O–H groups in total. The van der Waals surface area contributed by atoms with Gasteiger partial charge in [-0.05, 0) is 13.3 Å². The van der Waals surface area contributed by atoms with Gasteiger partial charge in [-0.1, -0.05) is 5.57 Å². The van der Waals surface area contributed by atoms with Crippen LogP contribution < -0.4 is 5.48 Å². The lowest BCUT2D eigenvalue weighted by Crippen LogP contribution is -2.25. The molecule has 12 heavy (non-hydrogen) atoms. The molecule has 0 rings (SSSR count). The molecule has 0 bridgehead atoms. The molecule has 0 unspecified atom stereocenters. The van der Waals surface area contributed by atoms with Gasteiger partial charge in [0.15, 0.2) is 6.61 Å². The van der Waals surface area contributed by atoms with E-state index >= 15 is 0 Å². The molecule has 72 valence electrons. The number of alkyl halides is 3. The van der Waals surface area contributed by atoms with Crippen LogP contribution in [0.3, 0.4) is 0 Å². The van der Waals surface area contributed by atoms with E-state index in [0.717, 1.165) is 5.57 Å². The smallest absolute Gasteiger partial charge is 0.292 e. The first-order valence-electron chi connectivity index (χ1n) is 3.47. The largest absolute Gasteiger partial charge is 0.413 e. The average molecular weight is 183 g/mol. The Kier molecular flexibility index (Phi) is 4.92. The van der Waals surface area contributed by atoms with E-state index in [1.54, 1.807) is 6.92 Å². The first-order chi connectivity index (χ1) is 5.42. The van der Waals surface area contributed by atoms with Crippen LogP contribution in [0.25, 0.3) is 0 Å². The molecule has 0 aliphatic heterocycles. The number of hydroxylamine groups is 1. The normalized spacial score (nSPS) is 11.7. The van der Waals surface area contributed by atoms with Crippen LogP contribution in [0.15, 0.2) is 12.2 Å². The van der Waals surface area contributed by atoms with Crippen LogP contribution in [-0.2, 0) is 4.84 Å². The Balaban J connectivity index is 3.17. The molecule has 0 aromatic rings. The van der Waals surface area contributed by atoms with Gasteiger partial charge in [0.25, 0.3) is 0 Å². The Labute approximate surface area is 69.4 Å². The van der Waals surface area contributed by atoms with Crippen molar-refractivity contribution in [1.82, 2.24) is 5.48 Å². The lowest BCUT2D eigenvalue weighted by Gasteiger charge is -2.07. The monoisotopic (exact) mass is 183 g/mol. The zero-order chi connectivity index (χ0) is 9.61. The number of nitrogens with one attached hydrogen (secondary N) is 1. The van der Waals surface area contributed by atoms with Crippen molar-refractivity contribution in [3.05, 3.63) is 12.2 Å². The average Bonchev–Trinajstić information content (AvgIpc) is 1.83. The summed E-state index contributed by atoms with van der Waals surface area (Å²) in [4.78, 5) is 4.13. The summed E-state index contributed by atoms with van der Waals surface area (Å²) in [6.07, 6.45) is -3.66. The number of hydrogen-bond acceptors (Lipinski definition) is 2. The summed E-state index contributed by atoms with van der Waals surface area (Å²) in [5.74, 6) is 0. The summed E-state index contributed by atoms with van der Waals surface area (Å²) in [5.41, 5.74) is 3.09. The zero-order valence-corrected chi connectivity index (χ0v) is 6.87. The molecule has 0 radical (unpaired) electrons. The first kappa shape index (κ1) is 11.4. The van der Waals surface area contributed by atoms with E-state index in [1.807, 2.05) is 0 Å². The van der Waals surface area contributed by atoms with Gasteiger partial charge in [-0.3, -0.25) is 4.84 Å². The van der Waals surface area contributed by atoms with Crippen molar-refractivity contribution in [3.63, 3.8) is 0 Å². The van der Waals surface area contributed by atoms with E-state index in [2.05, 4.69) is 16.9 Å². The zero-order valence-electron chi connectivity index (χ0n) is 6.87. The minimum absolute atomic E-state index is 0.353. The van der Waals surface area contributed by atoms with Gasteiger partial charge in [-0.15, -0.1) is 6.58 Å². The fraction of sp³-hybridized carbons (Fsp3) is 0.714. The van der Waals surface area contributed by atoms with Gasteiger partial charge in [0.05, 0.1) is 0 Å². The minimum Gasteiger partial charge on any atom is -0.292 e. The molecule has 0 spiro atoms. The summed E-state index contributed by atoms with van der Waals surface area (Å²) >= 11 is 0. The van der Waals surface area contributed by atoms with Gasteiger partial charge >= 0.3 is 6.18 Å². The molecule has 0 heterocycles. The second-order valence-corrected chi connectivity index (χ2v) is 2.51. The first-order valence-corrected chi connectivity index (χ1v) is 3.47. The quantitative estimate of drug-likeness (QED) is 0.400. The lowest BCUT2D eigenvalue weighted by molar-refractivity contribution is -0.189. The fourth-order valence-electron chi connectivity index (χ4n) is 0.469. The van der Waals surface area contributed by atoms with Crippen LogP contribution >= 0.6 is 0 Å². The second-order valence-electron chi connectivity index (χ2n) is 2.51. The molecular weight excluding hydrogens is 171 g/mol. The van der Waals surface area contributed by atoms with Gasteiger partial charge < -0.3 is 0 Å². The molecule has 0 aliphatic carbocycles. The molecule has 0 saturated carbocycles. The van der Waals surface area contributed by atoms with E-state index in [9.17, 15) is 13.2 Å². The highest BCUT2D eigenvalue weighted by atomic mass is 19.4. The maximum Gasteiger partial charge on any atom is 0.413 e. The highest BCUT2D eigenvalue weighted by molar-refractivity contribution is 4.87. The Bertz CT molecular complexity index is 144. The van der Waals surface area contributed by atoms with Crippen LogP contribution in [-0.4, -0.2) is 19.3 Å². The third-order valence-corrected chi connectivity index (χ3v) is 0.992. The van der Waals surface area contributed by atoms with Crippen LogP contribution in [0.1, 0.15) is 13.3 Å². The molecular formula is C7H12F3NO. The van der Waals surface area contributed by atoms with E-state index in [4.69, 9.17) is 0 Å². The summed E-state index contributed by atoms with van der Waals surface area (Å²) in [5, 5.41) is 0. The van der Waals surface area contributed by atoms with Gasteiger partial charge in [-0.25, -0.2) is 5.48 Å². The van der Waals surface area contributed by atoms with Gasteiger partial charge in [0, 0.05) is 6.54 Å². The van der Waals surface area contributed by atoms with Crippen molar-refractivity contribution in [2.45, 2.75) is 19.5 Å². The highest BCUT2D eigenvalue weighted by Crippen LogP contribution is 2.13. The Morgan fingerprint density at radius 3 is 2.50 bits per heavy atom. The standard InChI is InChI=1S/C7H12F3NO/c1-6(2)3-4-11-12-5-7(8,9)10/h11H,1,3-5H2,2H3. The predicted molar refractivity (Wildman–Crippen MR) is 39.4 cm³/mol. The van der Waals surface area contributed by atoms with Crippen molar-refractivity contribution in [1.29, 1.82) is 0 Å².